The van der Waals surface area contributed by atoms with E-state index in [-0.39, 0.29) is 30.1 Å². The van der Waals surface area contributed by atoms with Gasteiger partial charge in [-0.25, -0.2) is 0 Å². The maximum Gasteiger partial charge on any atom is 0.191 e. The van der Waals surface area contributed by atoms with Gasteiger partial charge in [0.25, 0.3) is 0 Å². The van der Waals surface area contributed by atoms with Gasteiger partial charge in [-0.15, -0.1) is 24.0 Å². The van der Waals surface area contributed by atoms with Crippen molar-refractivity contribution < 1.29 is 9.47 Å². The van der Waals surface area contributed by atoms with Crippen molar-refractivity contribution >= 4 is 29.9 Å². The van der Waals surface area contributed by atoms with Crippen LogP contribution >= 0.6 is 24.0 Å². The van der Waals surface area contributed by atoms with Crippen molar-refractivity contribution in [2.24, 2.45) is 4.99 Å². The highest BCUT2D eigenvalue weighted by atomic mass is 127. The van der Waals surface area contributed by atoms with Crippen LogP contribution in [-0.2, 0) is 13.1 Å². The lowest BCUT2D eigenvalue weighted by molar-refractivity contribution is 0.213. The normalized spacial score (nSPS) is 12.1. The van der Waals surface area contributed by atoms with Crippen LogP contribution < -0.4 is 20.1 Å². The fourth-order valence-corrected chi connectivity index (χ4v) is 2.82. The number of methoxy groups -OCH3 is 1. The van der Waals surface area contributed by atoms with Crippen molar-refractivity contribution in [1.29, 1.82) is 0 Å². The molecule has 160 valence electrons. The number of para-hydroxylation sites is 2. The van der Waals surface area contributed by atoms with Crippen molar-refractivity contribution in [3.8, 4) is 11.5 Å². The van der Waals surface area contributed by atoms with Gasteiger partial charge in [0.15, 0.2) is 17.5 Å². The molecular formula is C22H33IN4O2. The third-order valence-corrected chi connectivity index (χ3v) is 4.13. The first-order chi connectivity index (χ1) is 13.5. The molecule has 0 fully saturated rings. The topological polar surface area (TPSA) is 58.1 Å². The molecule has 7 heteroatoms. The minimum Gasteiger partial charge on any atom is -0.493 e. The summed E-state index contributed by atoms with van der Waals surface area (Å²) in [6.45, 7) is 4.27. The first kappa shape index (κ1) is 25.0. The van der Waals surface area contributed by atoms with Gasteiger partial charge in [0.05, 0.1) is 13.7 Å². The molecule has 0 amide bonds. The summed E-state index contributed by atoms with van der Waals surface area (Å²) in [6, 6.07) is 16.2. The fourth-order valence-electron chi connectivity index (χ4n) is 2.82. The number of rotatable bonds is 9. The summed E-state index contributed by atoms with van der Waals surface area (Å²) in [5, 5.41) is 6.66. The van der Waals surface area contributed by atoms with Gasteiger partial charge < -0.3 is 25.0 Å². The molecule has 2 rings (SSSR count). The number of nitrogens with one attached hydrogen (secondary N) is 2. The third-order valence-electron chi connectivity index (χ3n) is 4.13. The Balaban J connectivity index is 0.00000420. The largest absolute Gasteiger partial charge is 0.493 e. The summed E-state index contributed by atoms with van der Waals surface area (Å²) in [4.78, 5) is 6.46. The maximum absolute atomic E-state index is 5.97. The Morgan fingerprint density at radius 3 is 2.38 bits per heavy atom. The molecule has 2 aromatic carbocycles. The molecule has 0 aliphatic carbocycles. The van der Waals surface area contributed by atoms with E-state index >= 15 is 0 Å². The fraction of sp³-hybridized carbons (Fsp3) is 0.409. The molecule has 0 spiro atoms. The van der Waals surface area contributed by atoms with E-state index < -0.39 is 0 Å². The standard InChI is InChI=1S/C22H32N4O2.HI/c1-17(28-21-12-7-6-11-20(21)27-5)14-24-22(23-2)25-15-18-9-8-10-19(13-18)16-26(3)4;/h6-13,17H,14-16H2,1-5H3,(H2,23,24,25);1H. The summed E-state index contributed by atoms with van der Waals surface area (Å²) in [6.07, 6.45) is -0.0433. The van der Waals surface area contributed by atoms with Crippen LogP contribution in [0.25, 0.3) is 0 Å². The zero-order chi connectivity index (χ0) is 20.4. The molecule has 0 bridgehead atoms. The Bertz CT molecular complexity index is 768. The molecule has 29 heavy (non-hydrogen) atoms. The average Bonchev–Trinajstić information content (AvgIpc) is 2.68. The van der Waals surface area contributed by atoms with Crippen LogP contribution in [0, 0.1) is 0 Å². The average molecular weight is 512 g/mol. The van der Waals surface area contributed by atoms with E-state index in [0.717, 1.165) is 24.0 Å². The number of aliphatic imine (C=N–C) groups is 1. The van der Waals surface area contributed by atoms with Gasteiger partial charge in [0, 0.05) is 20.1 Å². The first-order valence-corrected chi connectivity index (χ1v) is 9.48. The van der Waals surface area contributed by atoms with Gasteiger partial charge in [0.1, 0.15) is 6.10 Å². The van der Waals surface area contributed by atoms with Crippen molar-refractivity contribution in [2.75, 3.05) is 34.8 Å². The van der Waals surface area contributed by atoms with Gasteiger partial charge in [-0.2, -0.15) is 0 Å². The van der Waals surface area contributed by atoms with E-state index in [1.165, 1.54) is 11.1 Å². The van der Waals surface area contributed by atoms with Crippen LogP contribution in [0.1, 0.15) is 18.1 Å². The molecule has 0 heterocycles. The third kappa shape index (κ3) is 8.91. The molecule has 2 aromatic rings. The molecule has 0 aliphatic rings. The smallest absolute Gasteiger partial charge is 0.191 e. The van der Waals surface area contributed by atoms with Crippen LogP contribution in [-0.4, -0.2) is 51.8 Å². The second-order valence-electron chi connectivity index (χ2n) is 6.94. The molecule has 0 radical (unpaired) electrons. The molecule has 0 aromatic heterocycles. The van der Waals surface area contributed by atoms with Crippen molar-refractivity contribution in [2.45, 2.75) is 26.1 Å². The van der Waals surface area contributed by atoms with E-state index in [4.69, 9.17) is 9.47 Å². The Hall–Kier alpha value is -2.00. The lowest BCUT2D eigenvalue weighted by atomic mass is 10.1. The Morgan fingerprint density at radius 1 is 1.03 bits per heavy atom. The number of ether oxygens (including phenoxy) is 2. The lowest BCUT2D eigenvalue weighted by Crippen LogP contribution is -2.41. The highest BCUT2D eigenvalue weighted by Crippen LogP contribution is 2.26. The van der Waals surface area contributed by atoms with Crippen LogP contribution in [0.15, 0.2) is 53.5 Å². The van der Waals surface area contributed by atoms with Crippen LogP contribution in [0.3, 0.4) is 0 Å². The van der Waals surface area contributed by atoms with Gasteiger partial charge in [-0.05, 0) is 44.3 Å². The van der Waals surface area contributed by atoms with Crippen LogP contribution in [0.2, 0.25) is 0 Å². The van der Waals surface area contributed by atoms with E-state index in [2.05, 4.69) is 58.9 Å². The number of benzene rings is 2. The molecule has 6 nitrogen and oxygen atoms in total. The summed E-state index contributed by atoms with van der Waals surface area (Å²) in [7, 11) is 7.56. The molecular weight excluding hydrogens is 479 g/mol. The van der Waals surface area contributed by atoms with Gasteiger partial charge in [-0.3, -0.25) is 4.99 Å². The van der Waals surface area contributed by atoms with Gasteiger partial charge >= 0.3 is 0 Å². The lowest BCUT2D eigenvalue weighted by Gasteiger charge is -2.19. The summed E-state index contributed by atoms with van der Waals surface area (Å²) in [5.74, 6) is 2.21. The van der Waals surface area contributed by atoms with Gasteiger partial charge in [0.2, 0.25) is 0 Å². The van der Waals surface area contributed by atoms with Crippen molar-refractivity contribution in [1.82, 2.24) is 15.5 Å². The number of nitrogens with zero attached hydrogens (tertiary/aromatic N) is 2. The highest BCUT2D eigenvalue weighted by molar-refractivity contribution is 14.0. The second-order valence-corrected chi connectivity index (χ2v) is 6.94. The monoisotopic (exact) mass is 512 g/mol. The minimum atomic E-state index is -0.0433. The number of hydrogen-bond acceptors (Lipinski definition) is 4. The maximum atomic E-state index is 5.97. The summed E-state index contributed by atoms with van der Waals surface area (Å²) < 4.78 is 11.3. The Labute approximate surface area is 191 Å². The molecule has 1 unspecified atom stereocenters. The predicted octanol–water partition coefficient (Wildman–Crippen LogP) is 3.51. The molecule has 0 saturated carbocycles. The quantitative estimate of drug-likeness (QED) is 0.306. The van der Waals surface area contributed by atoms with Crippen molar-refractivity contribution in [3.63, 3.8) is 0 Å². The van der Waals surface area contributed by atoms with E-state index in [0.29, 0.717) is 13.1 Å². The van der Waals surface area contributed by atoms with E-state index in [9.17, 15) is 0 Å². The predicted molar refractivity (Wildman–Crippen MR) is 131 cm³/mol. The van der Waals surface area contributed by atoms with Crippen molar-refractivity contribution in [3.05, 3.63) is 59.7 Å². The Kier molecular flexibility index (Phi) is 11.5. The van der Waals surface area contributed by atoms with Crippen LogP contribution in [0.4, 0.5) is 0 Å². The minimum absolute atomic E-state index is 0. The van der Waals surface area contributed by atoms with E-state index in [1.54, 1.807) is 14.2 Å². The molecule has 0 saturated heterocycles. The highest BCUT2D eigenvalue weighted by Gasteiger charge is 2.09. The van der Waals surface area contributed by atoms with E-state index in [1.807, 2.05) is 31.2 Å². The zero-order valence-corrected chi connectivity index (χ0v) is 20.3. The first-order valence-electron chi connectivity index (χ1n) is 9.48. The Morgan fingerprint density at radius 2 is 1.72 bits per heavy atom. The summed E-state index contributed by atoms with van der Waals surface area (Å²) >= 11 is 0. The molecule has 1 atom stereocenters. The number of guanidine groups is 1. The molecule has 2 N–H and O–H groups in total. The van der Waals surface area contributed by atoms with Crippen LogP contribution in [0.5, 0.6) is 11.5 Å². The number of halogens is 1. The summed E-state index contributed by atoms with van der Waals surface area (Å²) in [5.41, 5.74) is 2.52. The van der Waals surface area contributed by atoms with Gasteiger partial charge in [-0.1, -0.05) is 36.4 Å². The SMILES string of the molecule is CN=C(NCc1cccc(CN(C)C)c1)NCC(C)Oc1ccccc1OC.I. The molecule has 0 aliphatic heterocycles. The number of hydrogen-bond donors (Lipinski definition) is 2. The second kappa shape index (κ2) is 13.3. The zero-order valence-electron chi connectivity index (χ0n) is 17.9.